The predicted octanol–water partition coefficient (Wildman–Crippen LogP) is 3.76. The fraction of sp³-hybridized carbons (Fsp3) is 0.533. The van der Waals surface area contributed by atoms with Crippen LogP contribution in [0.4, 0.5) is 5.69 Å². The molecule has 1 aromatic carbocycles. The Kier molecular flexibility index (Phi) is 4.59. The van der Waals surface area contributed by atoms with Crippen molar-refractivity contribution in [2.75, 3.05) is 5.32 Å². The Morgan fingerprint density at radius 3 is 2.44 bits per heavy atom. The lowest BCUT2D eigenvalue weighted by Gasteiger charge is -2.19. The molecule has 98 valence electrons. The van der Waals surface area contributed by atoms with Crippen molar-refractivity contribution >= 4 is 22.9 Å². The third-order valence-corrected chi connectivity index (χ3v) is 3.96. The molecule has 0 bridgehead atoms. The van der Waals surface area contributed by atoms with E-state index in [4.69, 9.17) is 18.0 Å². The van der Waals surface area contributed by atoms with Crippen LogP contribution in [0.3, 0.4) is 0 Å². The summed E-state index contributed by atoms with van der Waals surface area (Å²) < 4.78 is 0. The monoisotopic (exact) mass is 262 g/mol. The highest BCUT2D eigenvalue weighted by Gasteiger charge is 2.12. The third-order valence-electron chi connectivity index (χ3n) is 3.73. The van der Waals surface area contributed by atoms with Gasteiger partial charge in [-0.15, -0.1) is 0 Å². The first-order chi connectivity index (χ1) is 8.66. The molecule has 2 rings (SSSR count). The van der Waals surface area contributed by atoms with Crippen molar-refractivity contribution in [1.82, 2.24) is 0 Å². The molecular weight excluding hydrogens is 240 g/mol. The topological polar surface area (TPSA) is 38.0 Å². The number of thiocarbonyl (C=S) groups is 1. The van der Waals surface area contributed by atoms with Gasteiger partial charge in [0, 0.05) is 17.3 Å². The van der Waals surface area contributed by atoms with E-state index >= 15 is 0 Å². The van der Waals surface area contributed by atoms with Gasteiger partial charge in [0.25, 0.3) is 0 Å². The summed E-state index contributed by atoms with van der Waals surface area (Å²) in [4.78, 5) is 0.471. The number of hydrogen-bond donors (Lipinski definition) is 2. The third kappa shape index (κ3) is 3.45. The van der Waals surface area contributed by atoms with Crippen molar-refractivity contribution in [3.05, 3.63) is 29.3 Å². The normalized spacial score (nSPS) is 17.2. The number of nitrogens with one attached hydrogen (secondary N) is 1. The van der Waals surface area contributed by atoms with Crippen LogP contribution >= 0.6 is 12.2 Å². The van der Waals surface area contributed by atoms with Gasteiger partial charge in [-0.05, 0) is 43.5 Å². The van der Waals surface area contributed by atoms with Gasteiger partial charge in [0.05, 0.1) is 0 Å². The highest BCUT2D eigenvalue weighted by atomic mass is 32.1. The first kappa shape index (κ1) is 13.3. The highest BCUT2D eigenvalue weighted by Crippen LogP contribution is 2.23. The van der Waals surface area contributed by atoms with Crippen LogP contribution in [0, 0.1) is 6.92 Å². The van der Waals surface area contributed by atoms with E-state index in [2.05, 4.69) is 24.4 Å². The standard InChI is InChI=1S/C15H22N2S/c1-11-10-12(15(16)18)8-9-14(11)17-13-6-4-2-3-5-7-13/h8-10,13,17H,2-7H2,1H3,(H2,16,18). The molecule has 0 unspecified atom stereocenters. The summed E-state index contributed by atoms with van der Waals surface area (Å²) in [6.07, 6.45) is 8.05. The van der Waals surface area contributed by atoms with Gasteiger partial charge in [-0.3, -0.25) is 0 Å². The van der Waals surface area contributed by atoms with Crippen LogP contribution in [-0.4, -0.2) is 11.0 Å². The van der Waals surface area contributed by atoms with Crippen LogP contribution in [0.25, 0.3) is 0 Å². The number of aryl methyl sites for hydroxylation is 1. The van der Waals surface area contributed by atoms with Gasteiger partial charge in [-0.2, -0.15) is 0 Å². The maximum atomic E-state index is 5.65. The molecule has 0 saturated heterocycles. The van der Waals surface area contributed by atoms with E-state index in [1.807, 2.05) is 6.07 Å². The van der Waals surface area contributed by atoms with Gasteiger partial charge >= 0.3 is 0 Å². The van der Waals surface area contributed by atoms with Crippen LogP contribution in [-0.2, 0) is 0 Å². The fourth-order valence-electron chi connectivity index (χ4n) is 2.62. The molecule has 1 aliphatic carbocycles. The predicted molar refractivity (Wildman–Crippen MR) is 82.2 cm³/mol. The number of hydrogen-bond acceptors (Lipinski definition) is 2. The number of anilines is 1. The Hall–Kier alpha value is -1.09. The lowest BCUT2D eigenvalue weighted by atomic mass is 10.1. The molecule has 3 N–H and O–H groups in total. The van der Waals surface area contributed by atoms with E-state index in [-0.39, 0.29) is 0 Å². The van der Waals surface area contributed by atoms with Crippen molar-refractivity contribution in [2.45, 2.75) is 51.5 Å². The summed E-state index contributed by atoms with van der Waals surface area (Å²) in [6, 6.07) is 6.81. The second kappa shape index (κ2) is 6.19. The minimum absolute atomic E-state index is 0.471. The van der Waals surface area contributed by atoms with Gasteiger partial charge in [0.15, 0.2) is 0 Å². The van der Waals surface area contributed by atoms with Crippen molar-refractivity contribution in [3.63, 3.8) is 0 Å². The minimum atomic E-state index is 0.471. The van der Waals surface area contributed by atoms with Crippen LogP contribution in [0.15, 0.2) is 18.2 Å². The molecule has 18 heavy (non-hydrogen) atoms. The summed E-state index contributed by atoms with van der Waals surface area (Å²) >= 11 is 5.00. The molecule has 0 aliphatic heterocycles. The summed E-state index contributed by atoms with van der Waals surface area (Å²) in [6.45, 7) is 2.11. The largest absolute Gasteiger partial charge is 0.389 e. The van der Waals surface area contributed by atoms with E-state index in [9.17, 15) is 0 Å². The molecule has 0 spiro atoms. The molecule has 1 aromatic rings. The molecule has 0 radical (unpaired) electrons. The summed E-state index contributed by atoms with van der Waals surface area (Å²) in [7, 11) is 0. The Labute approximate surface area is 115 Å². The fourth-order valence-corrected chi connectivity index (χ4v) is 2.75. The number of nitrogens with two attached hydrogens (primary N) is 1. The zero-order valence-electron chi connectivity index (χ0n) is 11.0. The quantitative estimate of drug-likeness (QED) is 0.643. The van der Waals surface area contributed by atoms with E-state index < -0.39 is 0 Å². The van der Waals surface area contributed by atoms with E-state index in [0.29, 0.717) is 11.0 Å². The maximum absolute atomic E-state index is 5.65. The van der Waals surface area contributed by atoms with Crippen LogP contribution < -0.4 is 11.1 Å². The summed E-state index contributed by atoms with van der Waals surface area (Å²) in [5.74, 6) is 0. The lowest BCUT2D eigenvalue weighted by Crippen LogP contribution is -2.19. The van der Waals surface area contributed by atoms with E-state index in [0.717, 1.165) is 5.56 Å². The molecule has 2 nitrogen and oxygen atoms in total. The highest BCUT2D eigenvalue weighted by molar-refractivity contribution is 7.80. The van der Waals surface area contributed by atoms with E-state index in [1.54, 1.807) is 0 Å². The SMILES string of the molecule is Cc1cc(C(N)=S)ccc1NC1CCCCCC1. The van der Waals surface area contributed by atoms with Crippen LogP contribution in [0.2, 0.25) is 0 Å². The molecule has 0 amide bonds. The van der Waals surface area contributed by atoms with Gasteiger partial charge in [0.1, 0.15) is 4.99 Å². The van der Waals surface area contributed by atoms with Crippen LogP contribution in [0.1, 0.15) is 49.7 Å². The molecule has 0 heterocycles. The molecule has 3 heteroatoms. The molecule has 0 atom stereocenters. The second-order valence-corrected chi connectivity index (χ2v) is 5.67. The van der Waals surface area contributed by atoms with Crippen molar-refractivity contribution in [2.24, 2.45) is 5.73 Å². The second-order valence-electron chi connectivity index (χ2n) is 5.23. The molecule has 1 fully saturated rings. The average molecular weight is 262 g/mol. The summed E-state index contributed by atoms with van der Waals surface area (Å²) in [5, 5.41) is 3.67. The van der Waals surface area contributed by atoms with Gasteiger partial charge < -0.3 is 11.1 Å². The van der Waals surface area contributed by atoms with Crippen molar-refractivity contribution in [1.29, 1.82) is 0 Å². The Morgan fingerprint density at radius 1 is 1.22 bits per heavy atom. The van der Waals surface area contributed by atoms with Gasteiger partial charge in [-0.1, -0.05) is 37.9 Å². The lowest BCUT2D eigenvalue weighted by molar-refractivity contribution is 0.619. The van der Waals surface area contributed by atoms with Crippen molar-refractivity contribution < 1.29 is 0 Å². The first-order valence-corrected chi connectivity index (χ1v) is 7.24. The minimum Gasteiger partial charge on any atom is -0.389 e. The zero-order valence-corrected chi connectivity index (χ0v) is 11.9. The first-order valence-electron chi connectivity index (χ1n) is 6.84. The smallest absolute Gasteiger partial charge is 0.103 e. The van der Waals surface area contributed by atoms with E-state index in [1.165, 1.54) is 49.8 Å². The van der Waals surface area contributed by atoms with Gasteiger partial charge in [-0.25, -0.2) is 0 Å². The average Bonchev–Trinajstić information content (AvgIpc) is 2.60. The molecular formula is C15H22N2S. The maximum Gasteiger partial charge on any atom is 0.103 e. The number of benzene rings is 1. The Balaban J connectivity index is 2.06. The molecule has 1 saturated carbocycles. The molecule has 0 aromatic heterocycles. The molecule has 1 aliphatic rings. The Bertz CT molecular complexity index is 421. The number of rotatable bonds is 3. The van der Waals surface area contributed by atoms with Crippen molar-refractivity contribution in [3.8, 4) is 0 Å². The van der Waals surface area contributed by atoms with Crippen LogP contribution in [0.5, 0.6) is 0 Å². The van der Waals surface area contributed by atoms with Gasteiger partial charge in [0.2, 0.25) is 0 Å². The Morgan fingerprint density at radius 2 is 1.89 bits per heavy atom. The zero-order chi connectivity index (χ0) is 13.0. The summed E-state index contributed by atoms with van der Waals surface area (Å²) in [5.41, 5.74) is 9.05.